The van der Waals surface area contributed by atoms with Crippen LogP contribution in [-0.4, -0.2) is 10.9 Å². The molecule has 0 atom stereocenters. The highest BCUT2D eigenvalue weighted by atomic mass is 32.1. The number of thiazole rings is 1. The zero-order valence-corrected chi connectivity index (χ0v) is 17.7. The van der Waals surface area contributed by atoms with E-state index >= 15 is 0 Å². The fraction of sp³-hybridized carbons (Fsp3) is 0.429. The van der Waals surface area contributed by atoms with Gasteiger partial charge in [0.2, 0.25) is 5.91 Å². The van der Waals surface area contributed by atoms with E-state index < -0.39 is 0 Å². The van der Waals surface area contributed by atoms with Crippen LogP contribution in [0.2, 0.25) is 0 Å². The Hall–Kier alpha value is -1.72. The molecule has 0 spiro atoms. The molecule has 2 aromatic heterocycles. The van der Waals surface area contributed by atoms with E-state index in [0.29, 0.717) is 5.41 Å². The molecule has 26 heavy (non-hydrogen) atoms. The lowest BCUT2D eigenvalue weighted by molar-refractivity contribution is -0.114. The maximum atomic E-state index is 11.7. The predicted molar refractivity (Wildman–Crippen MR) is 114 cm³/mol. The van der Waals surface area contributed by atoms with Gasteiger partial charge in [0.25, 0.3) is 0 Å². The number of hydrogen-bond acceptors (Lipinski definition) is 4. The van der Waals surface area contributed by atoms with E-state index in [2.05, 4.69) is 31.3 Å². The number of benzene rings is 1. The maximum absolute atomic E-state index is 11.7. The van der Waals surface area contributed by atoms with Crippen LogP contribution in [0.5, 0.6) is 0 Å². The van der Waals surface area contributed by atoms with Crippen LogP contribution in [0.3, 0.4) is 0 Å². The summed E-state index contributed by atoms with van der Waals surface area (Å²) < 4.78 is 1.19. The van der Waals surface area contributed by atoms with Crippen molar-refractivity contribution in [1.82, 2.24) is 4.98 Å². The molecule has 5 heteroatoms. The number of fused-ring (bicyclic) bond motifs is 2. The lowest BCUT2D eigenvalue weighted by Crippen LogP contribution is -2.20. The van der Waals surface area contributed by atoms with Gasteiger partial charge in [0.15, 0.2) is 0 Å². The van der Waals surface area contributed by atoms with Gasteiger partial charge >= 0.3 is 0 Å². The molecule has 0 fully saturated rings. The Morgan fingerprint density at radius 2 is 1.92 bits per heavy atom. The third-order valence-corrected chi connectivity index (χ3v) is 6.78. The van der Waals surface area contributed by atoms with Gasteiger partial charge in [-0.2, -0.15) is 0 Å². The Morgan fingerprint density at radius 3 is 2.62 bits per heavy atom. The highest BCUT2D eigenvalue weighted by molar-refractivity contribution is 7.22. The summed E-state index contributed by atoms with van der Waals surface area (Å²) in [6, 6.07) is 8.22. The van der Waals surface area contributed by atoms with Gasteiger partial charge in [-0.15, -0.1) is 22.7 Å². The Kier molecular flexibility index (Phi) is 5.49. The first-order valence-corrected chi connectivity index (χ1v) is 10.8. The smallest absolute Gasteiger partial charge is 0.221 e. The minimum absolute atomic E-state index is 0.0183. The highest BCUT2D eigenvalue weighted by Crippen LogP contribution is 2.49. The molecule has 138 valence electrons. The van der Waals surface area contributed by atoms with Crippen molar-refractivity contribution in [3.8, 4) is 10.6 Å². The van der Waals surface area contributed by atoms with E-state index in [0.717, 1.165) is 33.9 Å². The van der Waals surface area contributed by atoms with Crippen LogP contribution in [0.15, 0.2) is 24.3 Å². The molecule has 2 heterocycles. The lowest BCUT2D eigenvalue weighted by atomic mass is 9.77. The first kappa shape index (κ1) is 19.1. The average molecular weight is 387 g/mol. The second-order valence-electron chi connectivity index (χ2n) is 7.22. The quantitative estimate of drug-likeness (QED) is 0.544. The number of thiophene rings is 1. The monoisotopic (exact) mass is 386 g/mol. The van der Waals surface area contributed by atoms with Gasteiger partial charge < -0.3 is 5.32 Å². The Labute approximate surface area is 163 Å². The number of nitrogens with one attached hydrogen (secondary N) is 1. The molecule has 1 aliphatic carbocycles. The third kappa shape index (κ3) is 3.69. The first-order valence-electron chi connectivity index (χ1n) is 9.21. The molecule has 0 saturated carbocycles. The van der Waals surface area contributed by atoms with Crippen molar-refractivity contribution < 1.29 is 4.79 Å². The summed E-state index contributed by atoms with van der Waals surface area (Å²) in [5.41, 5.74) is 3.90. The second-order valence-corrected chi connectivity index (χ2v) is 9.35. The van der Waals surface area contributed by atoms with Crippen molar-refractivity contribution in [2.24, 2.45) is 5.41 Å². The van der Waals surface area contributed by atoms with Crippen molar-refractivity contribution in [2.75, 3.05) is 5.32 Å². The summed E-state index contributed by atoms with van der Waals surface area (Å²) in [5.74, 6) is -0.0183. The van der Waals surface area contributed by atoms with Gasteiger partial charge in [0.1, 0.15) is 10.0 Å². The van der Waals surface area contributed by atoms with Gasteiger partial charge in [-0.25, -0.2) is 4.98 Å². The number of nitrogens with zero attached hydrogens (tertiary/aromatic N) is 1. The molecular weight excluding hydrogens is 360 g/mol. The summed E-state index contributed by atoms with van der Waals surface area (Å²) >= 11 is 3.45. The van der Waals surface area contributed by atoms with E-state index in [1.807, 2.05) is 26.0 Å². The molecule has 1 N–H and O–H groups in total. The van der Waals surface area contributed by atoms with Crippen LogP contribution in [-0.2, 0) is 17.6 Å². The number of aromatic nitrogens is 1. The van der Waals surface area contributed by atoms with Crippen molar-refractivity contribution in [1.29, 1.82) is 0 Å². The topological polar surface area (TPSA) is 42.0 Å². The number of amides is 1. The molecule has 0 unspecified atom stereocenters. The SMILES string of the molecule is CC.CC(=O)Nc1sc2c(c1-c1nc3ccccc3s1)CCC(C)(C)C2. The fourth-order valence-corrected chi connectivity index (χ4v) is 6.02. The predicted octanol–water partition coefficient (Wildman–Crippen LogP) is 6.52. The molecule has 0 radical (unpaired) electrons. The molecule has 3 aromatic rings. The van der Waals surface area contributed by atoms with Crippen LogP contribution >= 0.6 is 22.7 Å². The third-order valence-electron chi connectivity index (χ3n) is 4.58. The number of anilines is 1. The number of carbonyl (C=O) groups excluding carboxylic acids is 1. The number of rotatable bonds is 2. The molecule has 1 aromatic carbocycles. The molecular formula is C21H26N2OS2. The van der Waals surface area contributed by atoms with Crippen molar-refractivity contribution in [2.45, 2.75) is 53.9 Å². The number of para-hydroxylation sites is 1. The Bertz CT molecular complexity index is 904. The minimum Gasteiger partial charge on any atom is -0.317 e. The normalized spacial score (nSPS) is 15.1. The lowest BCUT2D eigenvalue weighted by Gasteiger charge is -2.29. The highest BCUT2D eigenvalue weighted by Gasteiger charge is 2.31. The summed E-state index contributed by atoms with van der Waals surface area (Å²) in [6.07, 6.45) is 3.31. The van der Waals surface area contributed by atoms with E-state index in [1.54, 1.807) is 29.6 Å². The van der Waals surface area contributed by atoms with E-state index in [4.69, 9.17) is 4.98 Å². The standard InChI is InChI=1S/C19H20N2OS2.C2H6/c1-11(22)20-17-16(12-8-9-19(2,3)10-15(12)24-17)18-21-13-6-4-5-7-14(13)23-18;1-2/h4-7H,8-10H2,1-3H3,(H,20,22);1-2H3. The Balaban J connectivity index is 0.000000948. The largest absolute Gasteiger partial charge is 0.317 e. The zero-order valence-electron chi connectivity index (χ0n) is 16.1. The Morgan fingerprint density at radius 1 is 1.19 bits per heavy atom. The minimum atomic E-state index is -0.0183. The van der Waals surface area contributed by atoms with Gasteiger partial charge in [0, 0.05) is 17.4 Å². The van der Waals surface area contributed by atoms with E-state index in [1.165, 1.54) is 21.6 Å². The molecule has 1 amide bonds. The molecule has 0 aliphatic heterocycles. The van der Waals surface area contributed by atoms with Crippen LogP contribution in [0.4, 0.5) is 5.00 Å². The van der Waals surface area contributed by atoms with Crippen LogP contribution in [0, 0.1) is 5.41 Å². The van der Waals surface area contributed by atoms with Crippen molar-refractivity contribution in [3.05, 3.63) is 34.7 Å². The molecule has 0 saturated heterocycles. The van der Waals surface area contributed by atoms with E-state index in [9.17, 15) is 4.79 Å². The molecule has 1 aliphatic rings. The van der Waals surface area contributed by atoms with Gasteiger partial charge in [-0.05, 0) is 42.4 Å². The first-order chi connectivity index (χ1) is 12.4. The zero-order chi connectivity index (χ0) is 18.9. The number of hydrogen-bond donors (Lipinski definition) is 1. The van der Waals surface area contributed by atoms with Gasteiger partial charge in [-0.1, -0.05) is 39.8 Å². The summed E-state index contributed by atoms with van der Waals surface area (Å²) in [6.45, 7) is 10.2. The van der Waals surface area contributed by atoms with Gasteiger partial charge in [0.05, 0.1) is 10.2 Å². The van der Waals surface area contributed by atoms with E-state index in [-0.39, 0.29) is 5.91 Å². The fourth-order valence-electron chi connectivity index (χ4n) is 3.36. The average Bonchev–Trinajstić information content (AvgIpc) is 3.15. The summed E-state index contributed by atoms with van der Waals surface area (Å²) in [4.78, 5) is 17.9. The van der Waals surface area contributed by atoms with Crippen LogP contribution in [0.1, 0.15) is 51.5 Å². The number of carbonyl (C=O) groups is 1. The maximum Gasteiger partial charge on any atom is 0.221 e. The molecule has 0 bridgehead atoms. The van der Waals surface area contributed by atoms with Crippen LogP contribution in [0.25, 0.3) is 20.8 Å². The second kappa shape index (κ2) is 7.49. The van der Waals surface area contributed by atoms with Crippen molar-refractivity contribution in [3.63, 3.8) is 0 Å². The van der Waals surface area contributed by atoms with Crippen LogP contribution < -0.4 is 5.32 Å². The molecule has 4 rings (SSSR count). The van der Waals surface area contributed by atoms with Gasteiger partial charge in [-0.3, -0.25) is 4.79 Å². The molecule has 3 nitrogen and oxygen atoms in total. The summed E-state index contributed by atoms with van der Waals surface area (Å²) in [7, 11) is 0. The van der Waals surface area contributed by atoms with Crippen molar-refractivity contribution >= 4 is 43.8 Å². The summed E-state index contributed by atoms with van der Waals surface area (Å²) in [5, 5.41) is 5.03.